The van der Waals surface area contributed by atoms with Gasteiger partial charge in [0.1, 0.15) is 0 Å². The van der Waals surface area contributed by atoms with Gasteiger partial charge in [-0.3, -0.25) is 0 Å². The molecule has 0 fully saturated rings. The van der Waals surface area contributed by atoms with Gasteiger partial charge in [-0.05, 0) is 55.5 Å². The molecule has 100 valence electrons. The van der Waals surface area contributed by atoms with E-state index in [0.29, 0.717) is 0 Å². The number of halogens is 1. The third kappa shape index (κ3) is 3.82. The van der Waals surface area contributed by atoms with Crippen molar-refractivity contribution in [1.29, 1.82) is 0 Å². The highest BCUT2D eigenvalue weighted by atomic mass is 35.5. The third-order valence-corrected chi connectivity index (χ3v) is 3.70. The Morgan fingerprint density at radius 3 is 2.63 bits per heavy atom. The van der Waals surface area contributed by atoms with Gasteiger partial charge in [0, 0.05) is 11.1 Å². The molecule has 2 rings (SSSR count). The molecule has 1 unspecified atom stereocenters. The highest BCUT2D eigenvalue weighted by molar-refractivity contribution is 6.30. The number of hydrogen-bond donors (Lipinski definition) is 1. The number of hydrogen-bond acceptors (Lipinski definition) is 1. The summed E-state index contributed by atoms with van der Waals surface area (Å²) in [5.41, 5.74) is 11.3. The summed E-state index contributed by atoms with van der Waals surface area (Å²) in [5, 5.41) is 0.790. The Bertz CT molecular complexity index is 563. The van der Waals surface area contributed by atoms with Crippen molar-refractivity contribution in [2.75, 3.05) is 0 Å². The van der Waals surface area contributed by atoms with E-state index in [-0.39, 0.29) is 6.04 Å². The van der Waals surface area contributed by atoms with Gasteiger partial charge in [-0.1, -0.05) is 47.5 Å². The van der Waals surface area contributed by atoms with E-state index in [0.717, 1.165) is 17.9 Å². The Labute approximate surface area is 120 Å². The summed E-state index contributed by atoms with van der Waals surface area (Å²) in [6, 6.07) is 14.5. The Kier molecular flexibility index (Phi) is 4.62. The molecular formula is C17H20ClN. The Balaban J connectivity index is 2.05. The molecule has 1 nitrogen and oxygen atoms in total. The van der Waals surface area contributed by atoms with E-state index in [4.69, 9.17) is 17.3 Å². The normalized spacial score (nSPS) is 12.4. The summed E-state index contributed by atoms with van der Waals surface area (Å²) in [7, 11) is 0. The van der Waals surface area contributed by atoms with E-state index in [1.165, 1.54) is 22.3 Å². The standard InChI is InChI=1S/C17H20ClN/c1-12-6-7-13(2)16(10-12)17(19)9-8-14-4-3-5-15(18)11-14/h3-7,10-11,17H,8-9,19H2,1-2H3. The van der Waals surface area contributed by atoms with E-state index in [9.17, 15) is 0 Å². The van der Waals surface area contributed by atoms with Gasteiger partial charge in [-0.25, -0.2) is 0 Å². The van der Waals surface area contributed by atoms with Gasteiger partial charge in [0.05, 0.1) is 0 Å². The predicted molar refractivity (Wildman–Crippen MR) is 82.6 cm³/mol. The van der Waals surface area contributed by atoms with Crippen LogP contribution in [-0.4, -0.2) is 0 Å². The highest BCUT2D eigenvalue weighted by Gasteiger charge is 2.09. The first-order valence-electron chi connectivity index (χ1n) is 6.63. The quantitative estimate of drug-likeness (QED) is 0.866. The summed E-state index contributed by atoms with van der Waals surface area (Å²) in [4.78, 5) is 0. The zero-order valence-corrected chi connectivity index (χ0v) is 12.2. The summed E-state index contributed by atoms with van der Waals surface area (Å²) >= 11 is 5.99. The number of benzene rings is 2. The van der Waals surface area contributed by atoms with Crippen molar-refractivity contribution in [2.24, 2.45) is 5.73 Å². The molecule has 19 heavy (non-hydrogen) atoms. The third-order valence-electron chi connectivity index (χ3n) is 3.47. The van der Waals surface area contributed by atoms with Crippen LogP contribution in [0.25, 0.3) is 0 Å². The molecule has 2 aromatic carbocycles. The second-order valence-electron chi connectivity index (χ2n) is 5.14. The maximum Gasteiger partial charge on any atom is 0.0408 e. The van der Waals surface area contributed by atoms with E-state index >= 15 is 0 Å². The van der Waals surface area contributed by atoms with Crippen LogP contribution in [0.1, 0.15) is 34.7 Å². The number of aryl methyl sites for hydroxylation is 3. The highest BCUT2D eigenvalue weighted by Crippen LogP contribution is 2.22. The van der Waals surface area contributed by atoms with Crippen molar-refractivity contribution in [3.05, 3.63) is 69.7 Å². The first-order valence-corrected chi connectivity index (χ1v) is 7.01. The van der Waals surface area contributed by atoms with Crippen LogP contribution < -0.4 is 5.73 Å². The molecule has 0 aliphatic carbocycles. The maximum atomic E-state index is 6.32. The molecular weight excluding hydrogens is 254 g/mol. The molecule has 0 saturated heterocycles. The zero-order valence-electron chi connectivity index (χ0n) is 11.5. The molecule has 1 atom stereocenters. The van der Waals surface area contributed by atoms with Crippen molar-refractivity contribution in [3.8, 4) is 0 Å². The summed E-state index contributed by atoms with van der Waals surface area (Å²) in [5.74, 6) is 0. The minimum Gasteiger partial charge on any atom is -0.324 e. The number of nitrogens with two attached hydrogens (primary N) is 1. The van der Waals surface area contributed by atoms with Crippen LogP contribution in [0.4, 0.5) is 0 Å². The van der Waals surface area contributed by atoms with Crippen LogP contribution in [0.15, 0.2) is 42.5 Å². The van der Waals surface area contributed by atoms with Crippen molar-refractivity contribution in [2.45, 2.75) is 32.7 Å². The van der Waals surface area contributed by atoms with Crippen molar-refractivity contribution in [1.82, 2.24) is 0 Å². The lowest BCUT2D eigenvalue weighted by Gasteiger charge is -2.15. The van der Waals surface area contributed by atoms with Gasteiger partial charge in [-0.15, -0.1) is 0 Å². The van der Waals surface area contributed by atoms with Crippen LogP contribution in [0.3, 0.4) is 0 Å². The van der Waals surface area contributed by atoms with Gasteiger partial charge >= 0.3 is 0 Å². The molecule has 0 radical (unpaired) electrons. The van der Waals surface area contributed by atoms with Gasteiger partial charge < -0.3 is 5.73 Å². The fourth-order valence-electron chi connectivity index (χ4n) is 2.33. The van der Waals surface area contributed by atoms with E-state index in [1.54, 1.807) is 0 Å². The SMILES string of the molecule is Cc1ccc(C)c(C(N)CCc2cccc(Cl)c2)c1. The van der Waals surface area contributed by atoms with Gasteiger partial charge in [-0.2, -0.15) is 0 Å². The molecule has 0 aromatic heterocycles. The first kappa shape index (κ1) is 14.1. The minimum atomic E-state index is 0.0823. The summed E-state index contributed by atoms with van der Waals surface area (Å²) in [6.45, 7) is 4.22. The molecule has 0 bridgehead atoms. The second kappa shape index (κ2) is 6.23. The average Bonchev–Trinajstić information content (AvgIpc) is 2.39. The van der Waals surface area contributed by atoms with Crippen molar-refractivity contribution >= 4 is 11.6 Å². The molecule has 0 spiro atoms. The minimum absolute atomic E-state index is 0.0823. The lowest BCUT2D eigenvalue weighted by Crippen LogP contribution is -2.13. The smallest absolute Gasteiger partial charge is 0.0408 e. The predicted octanol–water partition coefficient (Wildman–Crippen LogP) is 4.59. The van der Waals surface area contributed by atoms with Gasteiger partial charge in [0.25, 0.3) is 0 Å². The summed E-state index contributed by atoms with van der Waals surface area (Å²) < 4.78 is 0. The van der Waals surface area contributed by atoms with Gasteiger partial charge in [0.2, 0.25) is 0 Å². The topological polar surface area (TPSA) is 26.0 Å². The second-order valence-corrected chi connectivity index (χ2v) is 5.57. The fraction of sp³-hybridized carbons (Fsp3) is 0.294. The Morgan fingerprint density at radius 1 is 1.11 bits per heavy atom. The van der Waals surface area contributed by atoms with Crippen LogP contribution in [-0.2, 0) is 6.42 Å². The van der Waals surface area contributed by atoms with E-state index in [1.807, 2.05) is 18.2 Å². The van der Waals surface area contributed by atoms with E-state index < -0.39 is 0 Å². The van der Waals surface area contributed by atoms with E-state index in [2.05, 4.69) is 38.1 Å². The lowest BCUT2D eigenvalue weighted by molar-refractivity contribution is 0.647. The van der Waals surface area contributed by atoms with Crippen LogP contribution in [0, 0.1) is 13.8 Å². The fourth-order valence-corrected chi connectivity index (χ4v) is 2.54. The Morgan fingerprint density at radius 2 is 1.89 bits per heavy atom. The van der Waals surface area contributed by atoms with Crippen LogP contribution in [0.2, 0.25) is 5.02 Å². The lowest BCUT2D eigenvalue weighted by atomic mass is 9.95. The Hall–Kier alpha value is -1.31. The maximum absolute atomic E-state index is 6.32. The molecule has 0 heterocycles. The molecule has 0 saturated carbocycles. The zero-order chi connectivity index (χ0) is 13.8. The first-order chi connectivity index (χ1) is 9.06. The van der Waals surface area contributed by atoms with Crippen LogP contribution in [0.5, 0.6) is 0 Å². The molecule has 0 aliphatic heterocycles. The molecule has 2 heteroatoms. The molecule has 2 aromatic rings. The largest absolute Gasteiger partial charge is 0.324 e. The summed E-state index contributed by atoms with van der Waals surface area (Å²) in [6.07, 6.45) is 1.89. The van der Waals surface area contributed by atoms with Crippen molar-refractivity contribution in [3.63, 3.8) is 0 Å². The molecule has 2 N–H and O–H groups in total. The molecule has 0 amide bonds. The monoisotopic (exact) mass is 273 g/mol. The van der Waals surface area contributed by atoms with Gasteiger partial charge in [0.15, 0.2) is 0 Å². The van der Waals surface area contributed by atoms with Crippen LogP contribution >= 0.6 is 11.6 Å². The van der Waals surface area contributed by atoms with Crippen molar-refractivity contribution < 1.29 is 0 Å². The molecule has 0 aliphatic rings. The average molecular weight is 274 g/mol. The number of rotatable bonds is 4.